The molecule has 1 rings (SSSR count). The van der Waals surface area contributed by atoms with E-state index in [2.05, 4.69) is 31.3 Å². The lowest BCUT2D eigenvalue weighted by Crippen LogP contribution is -2.38. The summed E-state index contributed by atoms with van der Waals surface area (Å²) in [6.07, 6.45) is 0. The number of nitrogens with one attached hydrogen (secondary N) is 1. The van der Waals surface area contributed by atoms with Crippen molar-refractivity contribution in [3.63, 3.8) is 0 Å². The number of ether oxygens (including phenoxy) is 1. The third-order valence-corrected chi connectivity index (χ3v) is 4.21. The van der Waals surface area contributed by atoms with Crippen LogP contribution in [-0.2, 0) is 9.53 Å². The highest BCUT2D eigenvalue weighted by molar-refractivity contribution is 7.12. The number of carbonyl (C=O) groups excluding carboxylic acids is 1. The Morgan fingerprint density at radius 1 is 1.35 bits per heavy atom. The monoisotopic (exact) mass is 255 g/mol. The van der Waals surface area contributed by atoms with E-state index >= 15 is 0 Å². The van der Waals surface area contributed by atoms with Crippen molar-refractivity contribution in [2.45, 2.75) is 39.8 Å². The summed E-state index contributed by atoms with van der Waals surface area (Å²) in [6.45, 7) is 8.11. The van der Waals surface area contributed by atoms with Gasteiger partial charge in [-0.25, -0.2) is 0 Å². The summed E-state index contributed by atoms with van der Waals surface area (Å²) in [7, 11) is 1.43. The minimum absolute atomic E-state index is 0.0971. The molecule has 0 fully saturated rings. The predicted octanol–water partition coefficient (Wildman–Crippen LogP) is 2.90. The van der Waals surface area contributed by atoms with E-state index in [-0.39, 0.29) is 24.0 Å². The molecule has 17 heavy (non-hydrogen) atoms. The molecule has 0 aromatic carbocycles. The van der Waals surface area contributed by atoms with Crippen molar-refractivity contribution in [2.75, 3.05) is 7.11 Å². The highest BCUT2D eigenvalue weighted by atomic mass is 32.1. The number of esters is 1. The van der Waals surface area contributed by atoms with Gasteiger partial charge in [-0.15, -0.1) is 11.3 Å². The summed E-state index contributed by atoms with van der Waals surface area (Å²) in [5, 5.41) is 3.43. The van der Waals surface area contributed by atoms with E-state index in [1.807, 2.05) is 13.8 Å². The van der Waals surface area contributed by atoms with Gasteiger partial charge in [0.1, 0.15) is 0 Å². The molecule has 3 unspecified atom stereocenters. The largest absolute Gasteiger partial charge is 0.469 e. The molecular weight excluding hydrogens is 234 g/mol. The lowest BCUT2D eigenvalue weighted by molar-refractivity contribution is -0.145. The zero-order valence-corrected chi connectivity index (χ0v) is 11.9. The molecule has 0 saturated heterocycles. The van der Waals surface area contributed by atoms with Gasteiger partial charge in [0.05, 0.1) is 13.0 Å². The summed E-state index contributed by atoms with van der Waals surface area (Å²) in [6, 6.07) is 4.61. The number of aryl methyl sites for hydroxylation is 1. The van der Waals surface area contributed by atoms with Gasteiger partial charge in [-0.3, -0.25) is 4.79 Å². The Hall–Kier alpha value is -0.870. The first-order valence-electron chi connectivity index (χ1n) is 5.86. The molecule has 3 nitrogen and oxygen atoms in total. The van der Waals surface area contributed by atoms with E-state index in [1.165, 1.54) is 16.9 Å². The molecule has 1 aromatic heterocycles. The maximum Gasteiger partial charge on any atom is 0.309 e. The van der Waals surface area contributed by atoms with Gasteiger partial charge in [0, 0.05) is 21.8 Å². The zero-order valence-electron chi connectivity index (χ0n) is 11.1. The highest BCUT2D eigenvalue weighted by Crippen LogP contribution is 2.23. The molecule has 0 bridgehead atoms. The van der Waals surface area contributed by atoms with Crippen LogP contribution in [0, 0.1) is 12.8 Å². The standard InChI is InChI=1S/C13H21NO2S/c1-8-6-7-12(17-8)11(4)14-10(3)9(2)13(15)16-5/h6-7,9-11,14H,1-5H3. The van der Waals surface area contributed by atoms with E-state index < -0.39 is 0 Å². The summed E-state index contributed by atoms with van der Waals surface area (Å²) in [5.41, 5.74) is 0. The Labute approximate surface area is 107 Å². The Balaban J connectivity index is 2.56. The smallest absolute Gasteiger partial charge is 0.309 e. The molecule has 1 N–H and O–H groups in total. The number of hydrogen-bond acceptors (Lipinski definition) is 4. The Kier molecular flexibility index (Phi) is 5.15. The number of carbonyl (C=O) groups is 1. The van der Waals surface area contributed by atoms with Gasteiger partial charge in [-0.05, 0) is 32.9 Å². The molecule has 0 aliphatic carbocycles. The Bertz CT molecular complexity index is 375. The van der Waals surface area contributed by atoms with Crippen molar-refractivity contribution in [3.8, 4) is 0 Å². The molecule has 0 aliphatic heterocycles. The van der Waals surface area contributed by atoms with Crippen molar-refractivity contribution < 1.29 is 9.53 Å². The van der Waals surface area contributed by atoms with Gasteiger partial charge >= 0.3 is 5.97 Å². The lowest BCUT2D eigenvalue weighted by Gasteiger charge is -2.23. The van der Waals surface area contributed by atoms with E-state index in [0.717, 1.165) is 0 Å². The first-order valence-corrected chi connectivity index (χ1v) is 6.67. The van der Waals surface area contributed by atoms with Gasteiger partial charge in [0.15, 0.2) is 0 Å². The van der Waals surface area contributed by atoms with Crippen LogP contribution in [0.25, 0.3) is 0 Å². The molecule has 1 aromatic rings. The molecule has 0 radical (unpaired) electrons. The molecule has 4 heteroatoms. The molecule has 96 valence electrons. The fraction of sp³-hybridized carbons (Fsp3) is 0.615. The highest BCUT2D eigenvalue weighted by Gasteiger charge is 2.22. The van der Waals surface area contributed by atoms with Crippen molar-refractivity contribution in [1.82, 2.24) is 5.32 Å². The third kappa shape index (κ3) is 3.82. The molecule has 0 aliphatic rings. The number of methoxy groups -OCH3 is 1. The third-order valence-electron chi connectivity index (χ3n) is 3.02. The second-order valence-electron chi connectivity index (χ2n) is 4.44. The molecule has 0 saturated carbocycles. The van der Waals surface area contributed by atoms with Gasteiger partial charge < -0.3 is 10.1 Å². The van der Waals surface area contributed by atoms with Crippen LogP contribution in [0.5, 0.6) is 0 Å². The number of thiophene rings is 1. The lowest BCUT2D eigenvalue weighted by atomic mass is 10.0. The van der Waals surface area contributed by atoms with Crippen LogP contribution >= 0.6 is 11.3 Å². The Morgan fingerprint density at radius 2 is 2.00 bits per heavy atom. The maximum absolute atomic E-state index is 11.4. The molecule has 1 heterocycles. The molecular formula is C13H21NO2S. The quantitative estimate of drug-likeness (QED) is 0.822. The van der Waals surface area contributed by atoms with Gasteiger partial charge in [0.2, 0.25) is 0 Å². The summed E-state index contributed by atoms with van der Waals surface area (Å²) in [5.74, 6) is -0.303. The first kappa shape index (κ1) is 14.2. The van der Waals surface area contributed by atoms with E-state index in [0.29, 0.717) is 0 Å². The summed E-state index contributed by atoms with van der Waals surface area (Å²) >= 11 is 1.79. The molecule has 0 spiro atoms. The fourth-order valence-corrected chi connectivity index (χ4v) is 2.59. The second kappa shape index (κ2) is 6.17. The first-order chi connectivity index (χ1) is 7.95. The van der Waals surface area contributed by atoms with E-state index in [9.17, 15) is 4.79 Å². The summed E-state index contributed by atoms with van der Waals surface area (Å²) in [4.78, 5) is 14.0. The van der Waals surface area contributed by atoms with Gasteiger partial charge in [-0.2, -0.15) is 0 Å². The van der Waals surface area contributed by atoms with Crippen LogP contribution in [0.2, 0.25) is 0 Å². The predicted molar refractivity (Wildman–Crippen MR) is 71.2 cm³/mol. The number of hydrogen-bond donors (Lipinski definition) is 1. The molecule has 0 amide bonds. The Morgan fingerprint density at radius 3 is 2.47 bits per heavy atom. The van der Waals surface area contributed by atoms with Crippen molar-refractivity contribution in [3.05, 3.63) is 21.9 Å². The van der Waals surface area contributed by atoms with Gasteiger partial charge in [0.25, 0.3) is 0 Å². The van der Waals surface area contributed by atoms with Crippen molar-refractivity contribution >= 4 is 17.3 Å². The second-order valence-corrected chi connectivity index (χ2v) is 5.76. The normalized spacial score (nSPS) is 16.3. The van der Waals surface area contributed by atoms with Crippen LogP contribution < -0.4 is 5.32 Å². The fourth-order valence-electron chi connectivity index (χ4n) is 1.70. The minimum atomic E-state index is -0.167. The van der Waals surface area contributed by atoms with Crippen LogP contribution in [0.1, 0.15) is 36.6 Å². The van der Waals surface area contributed by atoms with E-state index in [1.54, 1.807) is 11.3 Å². The molecule has 3 atom stereocenters. The number of rotatable bonds is 5. The summed E-state index contributed by atoms with van der Waals surface area (Å²) < 4.78 is 4.75. The van der Waals surface area contributed by atoms with Crippen LogP contribution in [0.4, 0.5) is 0 Å². The SMILES string of the molecule is COC(=O)C(C)C(C)NC(C)c1ccc(C)s1. The minimum Gasteiger partial charge on any atom is -0.469 e. The zero-order chi connectivity index (χ0) is 13.0. The van der Waals surface area contributed by atoms with Crippen molar-refractivity contribution in [2.24, 2.45) is 5.92 Å². The van der Waals surface area contributed by atoms with Crippen LogP contribution in [0.3, 0.4) is 0 Å². The van der Waals surface area contributed by atoms with Crippen LogP contribution in [-0.4, -0.2) is 19.1 Å². The van der Waals surface area contributed by atoms with Crippen molar-refractivity contribution in [1.29, 1.82) is 0 Å². The topological polar surface area (TPSA) is 38.3 Å². The van der Waals surface area contributed by atoms with E-state index in [4.69, 9.17) is 4.74 Å². The van der Waals surface area contributed by atoms with Crippen LogP contribution in [0.15, 0.2) is 12.1 Å². The van der Waals surface area contributed by atoms with Gasteiger partial charge in [-0.1, -0.05) is 6.92 Å². The average molecular weight is 255 g/mol. The maximum atomic E-state index is 11.4. The average Bonchev–Trinajstić information content (AvgIpc) is 2.73.